The van der Waals surface area contributed by atoms with Crippen LogP contribution in [-0.4, -0.2) is 29.8 Å². The van der Waals surface area contributed by atoms with Crippen LogP contribution in [0.5, 0.6) is 0 Å². The summed E-state index contributed by atoms with van der Waals surface area (Å²) in [5, 5.41) is 0.577. The van der Waals surface area contributed by atoms with Crippen molar-refractivity contribution in [3.63, 3.8) is 0 Å². The van der Waals surface area contributed by atoms with Crippen LogP contribution < -0.4 is 4.90 Å². The smallest absolute Gasteiger partial charge is 0.283 e. The lowest BCUT2D eigenvalue weighted by Gasteiger charge is -2.33. The van der Waals surface area contributed by atoms with E-state index in [0.29, 0.717) is 22.3 Å². The molecule has 0 saturated carbocycles. The van der Waals surface area contributed by atoms with E-state index in [1.807, 2.05) is 11.8 Å². The van der Waals surface area contributed by atoms with Crippen molar-refractivity contribution in [3.8, 4) is 0 Å². The quantitative estimate of drug-likeness (QED) is 0.761. The van der Waals surface area contributed by atoms with Gasteiger partial charge in [0.25, 0.3) is 11.8 Å². The third-order valence-corrected chi connectivity index (χ3v) is 4.95. The van der Waals surface area contributed by atoms with E-state index in [9.17, 15) is 9.59 Å². The molecule has 0 radical (unpaired) electrons. The van der Waals surface area contributed by atoms with Gasteiger partial charge in [-0.25, -0.2) is 4.90 Å². The average Bonchev–Trinajstić information content (AvgIpc) is 2.70. The van der Waals surface area contributed by atoms with Crippen LogP contribution >= 0.6 is 23.2 Å². The second-order valence-electron chi connectivity index (χ2n) is 6.23. The third kappa shape index (κ3) is 2.86. The normalized spacial score (nSPS) is 22.3. The van der Waals surface area contributed by atoms with Gasteiger partial charge >= 0.3 is 0 Å². The number of imide groups is 1. The second-order valence-corrected chi connectivity index (χ2v) is 7.05. The number of nitrogens with zero attached hydrogens (tertiary/aromatic N) is 2. The van der Waals surface area contributed by atoms with Crippen LogP contribution in [-0.2, 0) is 9.59 Å². The number of piperidine rings is 1. The molecule has 2 amide bonds. The number of halogens is 2. The number of anilines is 1. The van der Waals surface area contributed by atoms with Gasteiger partial charge in [-0.15, -0.1) is 0 Å². The van der Waals surface area contributed by atoms with Gasteiger partial charge in [0.05, 0.1) is 5.69 Å². The lowest BCUT2D eigenvalue weighted by molar-refractivity contribution is -0.121. The molecule has 1 fully saturated rings. The molecular formula is C17H18Cl2N2O2. The molecule has 0 N–H and O–H groups in total. The number of rotatable bonds is 2. The monoisotopic (exact) mass is 352 g/mol. The minimum atomic E-state index is -0.463. The van der Waals surface area contributed by atoms with Crippen molar-refractivity contribution in [1.82, 2.24) is 4.90 Å². The van der Waals surface area contributed by atoms with Gasteiger partial charge in [-0.2, -0.15) is 0 Å². The van der Waals surface area contributed by atoms with Crippen molar-refractivity contribution >= 4 is 40.7 Å². The topological polar surface area (TPSA) is 40.6 Å². The molecule has 1 saturated heterocycles. The van der Waals surface area contributed by atoms with E-state index in [4.69, 9.17) is 23.2 Å². The molecule has 1 aromatic rings. The maximum absolute atomic E-state index is 12.9. The standard InChI is InChI=1S/C17H18Cl2N2O2/c1-10-4-3-7-20(9-10)15-14(19)16(22)21(17(15)23)13-6-5-12(18)8-11(13)2/h5-6,8,10H,3-4,7,9H2,1-2H3. The zero-order chi connectivity index (χ0) is 16.7. The fraction of sp³-hybridized carbons (Fsp3) is 0.412. The summed E-state index contributed by atoms with van der Waals surface area (Å²) in [6.07, 6.45) is 2.12. The van der Waals surface area contributed by atoms with E-state index >= 15 is 0 Å². The van der Waals surface area contributed by atoms with Gasteiger partial charge in [0.15, 0.2) is 0 Å². The molecule has 122 valence electrons. The van der Waals surface area contributed by atoms with Gasteiger partial charge in [-0.05, 0) is 49.4 Å². The minimum Gasteiger partial charge on any atom is -0.365 e. The molecule has 2 aliphatic rings. The number of aryl methyl sites for hydroxylation is 1. The Bertz CT molecular complexity index is 715. The van der Waals surface area contributed by atoms with Gasteiger partial charge in [-0.1, -0.05) is 30.1 Å². The third-order valence-electron chi connectivity index (χ3n) is 4.38. The summed E-state index contributed by atoms with van der Waals surface area (Å²) in [6.45, 7) is 5.46. The summed E-state index contributed by atoms with van der Waals surface area (Å²) in [5.41, 5.74) is 1.62. The van der Waals surface area contributed by atoms with E-state index in [2.05, 4.69) is 6.92 Å². The van der Waals surface area contributed by atoms with Crippen LogP contribution in [0.15, 0.2) is 28.9 Å². The summed E-state index contributed by atoms with van der Waals surface area (Å²) in [5.74, 6) is -0.329. The highest BCUT2D eigenvalue weighted by Crippen LogP contribution is 2.35. The Balaban J connectivity index is 1.95. The number of carbonyl (C=O) groups is 2. The van der Waals surface area contributed by atoms with Crippen LogP contribution in [0.25, 0.3) is 0 Å². The van der Waals surface area contributed by atoms with Crippen molar-refractivity contribution in [1.29, 1.82) is 0 Å². The van der Waals surface area contributed by atoms with Crippen molar-refractivity contribution in [3.05, 3.63) is 39.5 Å². The van der Waals surface area contributed by atoms with Crippen LogP contribution in [0.1, 0.15) is 25.3 Å². The largest absolute Gasteiger partial charge is 0.365 e. The molecule has 23 heavy (non-hydrogen) atoms. The number of carbonyl (C=O) groups excluding carboxylic acids is 2. The average molecular weight is 353 g/mol. The Morgan fingerprint density at radius 2 is 1.91 bits per heavy atom. The number of hydrogen-bond donors (Lipinski definition) is 0. The van der Waals surface area contributed by atoms with Crippen molar-refractivity contribution < 1.29 is 9.59 Å². The number of likely N-dealkylation sites (tertiary alicyclic amines) is 1. The highest BCUT2D eigenvalue weighted by molar-refractivity contribution is 6.52. The number of hydrogen-bond acceptors (Lipinski definition) is 3. The Labute approximate surface area is 145 Å². The lowest BCUT2D eigenvalue weighted by atomic mass is 10.00. The van der Waals surface area contributed by atoms with Crippen molar-refractivity contribution in [2.24, 2.45) is 5.92 Å². The second kappa shape index (κ2) is 6.17. The molecule has 1 unspecified atom stereocenters. The van der Waals surface area contributed by atoms with Crippen LogP contribution in [0, 0.1) is 12.8 Å². The van der Waals surface area contributed by atoms with Crippen molar-refractivity contribution in [2.45, 2.75) is 26.7 Å². The van der Waals surface area contributed by atoms with Gasteiger partial charge in [0, 0.05) is 18.1 Å². The van der Waals surface area contributed by atoms with E-state index in [1.165, 1.54) is 0 Å². The van der Waals surface area contributed by atoms with Gasteiger partial charge in [0.1, 0.15) is 10.7 Å². The fourth-order valence-electron chi connectivity index (χ4n) is 3.25. The van der Waals surface area contributed by atoms with Crippen molar-refractivity contribution in [2.75, 3.05) is 18.0 Å². The van der Waals surface area contributed by atoms with E-state index in [1.54, 1.807) is 18.2 Å². The molecule has 2 heterocycles. The predicted octanol–water partition coefficient (Wildman–Crippen LogP) is 3.70. The molecule has 1 atom stereocenters. The van der Waals surface area contributed by atoms with E-state index < -0.39 is 5.91 Å². The first-order valence-corrected chi connectivity index (χ1v) is 8.45. The number of amides is 2. The predicted molar refractivity (Wildman–Crippen MR) is 91.5 cm³/mol. The highest BCUT2D eigenvalue weighted by Gasteiger charge is 2.42. The fourth-order valence-corrected chi connectivity index (χ4v) is 3.76. The van der Waals surface area contributed by atoms with Crippen LogP contribution in [0.2, 0.25) is 5.02 Å². The summed E-state index contributed by atoms with van der Waals surface area (Å²) in [4.78, 5) is 28.5. The molecule has 0 spiro atoms. The number of benzene rings is 1. The SMILES string of the molecule is Cc1cc(Cl)ccc1N1C(=O)C(Cl)=C(N2CCCC(C)C2)C1=O. The Morgan fingerprint density at radius 1 is 1.17 bits per heavy atom. The molecule has 1 aromatic carbocycles. The maximum atomic E-state index is 12.9. The summed E-state index contributed by atoms with van der Waals surface area (Å²) < 4.78 is 0. The zero-order valence-corrected chi connectivity index (χ0v) is 14.6. The first kappa shape index (κ1) is 16.3. The van der Waals surface area contributed by atoms with Gasteiger partial charge < -0.3 is 4.90 Å². The molecule has 0 aromatic heterocycles. The Hall–Kier alpha value is -1.52. The molecule has 2 aliphatic heterocycles. The highest BCUT2D eigenvalue weighted by atomic mass is 35.5. The van der Waals surface area contributed by atoms with Crippen LogP contribution in [0.3, 0.4) is 0 Å². The first-order valence-electron chi connectivity index (χ1n) is 7.69. The maximum Gasteiger partial charge on any atom is 0.283 e. The Morgan fingerprint density at radius 3 is 2.57 bits per heavy atom. The molecule has 0 aliphatic carbocycles. The molecule has 3 rings (SSSR count). The minimum absolute atomic E-state index is 0.0125. The molecular weight excluding hydrogens is 335 g/mol. The zero-order valence-electron chi connectivity index (χ0n) is 13.1. The van der Waals surface area contributed by atoms with E-state index in [-0.39, 0.29) is 10.9 Å². The molecule has 6 heteroatoms. The summed E-state index contributed by atoms with van der Waals surface area (Å²) in [6, 6.07) is 5.07. The van der Waals surface area contributed by atoms with Gasteiger partial charge in [0.2, 0.25) is 0 Å². The molecule has 0 bridgehead atoms. The van der Waals surface area contributed by atoms with Gasteiger partial charge in [-0.3, -0.25) is 9.59 Å². The summed E-state index contributed by atoms with van der Waals surface area (Å²) in [7, 11) is 0. The molecule has 4 nitrogen and oxygen atoms in total. The van der Waals surface area contributed by atoms with Crippen LogP contribution in [0.4, 0.5) is 5.69 Å². The summed E-state index contributed by atoms with van der Waals surface area (Å²) >= 11 is 12.2. The Kier molecular flexibility index (Phi) is 4.39. The lowest BCUT2D eigenvalue weighted by Crippen LogP contribution is -2.39. The van der Waals surface area contributed by atoms with E-state index in [0.717, 1.165) is 36.4 Å². The first-order chi connectivity index (χ1) is 10.9.